The molecule has 0 aromatic carbocycles. The average molecular weight is 121 g/mol. The molecule has 2 rings (SSSR count). The molecule has 0 atom stereocenters. The summed E-state index contributed by atoms with van der Waals surface area (Å²) in [6.45, 7) is 0. The van der Waals surface area contributed by atoms with Crippen LogP contribution in [-0.4, -0.2) is 9.97 Å². The molecule has 3 heteroatoms. The standard InChI is InChI=1S/C6H7N3/c7-6-5-2-1-4(9-5)3-8-6/h3H,1-2H2,(H2,7,8). The van der Waals surface area contributed by atoms with E-state index in [9.17, 15) is 0 Å². The van der Waals surface area contributed by atoms with E-state index in [1.165, 1.54) is 0 Å². The summed E-state index contributed by atoms with van der Waals surface area (Å²) in [4.78, 5) is 8.15. The van der Waals surface area contributed by atoms with Gasteiger partial charge in [0.25, 0.3) is 0 Å². The van der Waals surface area contributed by atoms with Gasteiger partial charge in [0.2, 0.25) is 0 Å². The van der Waals surface area contributed by atoms with Gasteiger partial charge >= 0.3 is 0 Å². The molecule has 1 aliphatic rings. The third kappa shape index (κ3) is 0.575. The first-order chi connectivity index (χ1) is 4.36. The summed E-state index contributed by atoms with van der Waals surface area (Å²) in [5.41, 5.74) is 7.52. The van der Waals surface area contributed by atoms with Crippen LogP contribution in [0.3, 0.4) is 0 Å². The lowest BCUT2D eigenvalue weighted by molar-refractivity contribution is 1.03. The van der Waals surface area contributed by atoms with Crippen molar-refractivity contribution in [1.82, 2.24) is 9.97 Å². The predicted molar refractivity (Wildman–Crippen MR) is 33.9 cm³/mol. The molecule has 1 aromatic rings. The van der Waals surface area contributed by atoms with Gasteiger partial charge in [-0.25, -0.2) is 4.98 Å². The van der Waals surface area contributed by atoms with Crippen LogP contribution in [0.5, 0.6) is 0 Å². The van der Waals surface area contributed by atoms with Gasteiger partial charge in [0.05, 0.1) is 17.6 Å². The Morgan fingerprint density at radius 1 is 1.44 bits per heavy atom. The van der Waals surface area contributed by atoms with E-state index in [1.54, 1.807) is 6.20 Å². The van der Waals surface area contributed by atoms with Crippen LogP contribution >= 0.6 is 0 Å². The highest BCUT2D eigenvalue weighted by Crippen LogP contribution is 2.15. The first-order valence-corrected chi connectivity index (χ1v) is 2.96. The van der Waals surface area contributed by atoms with Gasteiger partial charge in [-0.15, -0.1) is 0 Å². The van der Waals surface area contributed by atoms with Crippen LogP contribution < -0.4 is 5.73 Å². The lowest BCUT2D eigenvalue weighted by Gasteiger charge is -1.91. The van der Waals surface area contributed by atoms with E-state index in [2.05, 4.69) is 9.97 Å². The first kappa shape index (κ1) is 4.73. The molecule has 0 fully saturated rings. The molecular formula is C6H7N3. The lowest BCUT2D eigenvalue weighted by Crippen LogP contribution is -1.94. The van der Waals surface area contributed by atoms with Gasteiger partial charge in [-0.05, 0) is 12.8 Å². The molecule has 2 N–H and O–H groups in total. The fraction of sp³-hybridized carbons (Fsp3) is 0.333. The number of nitrogens with two attached hydrogens (primary N) is 1. The first-order valence-electron chi connectivity index (χ1n) is 2.96. The van der Waals surface area contributed by atoms with Crippen molar-refractivity contribution in [2.75, 3.05) is 5.73 Å². The molecule has 0 amide bonds. The van der Waals surface area contributed by atoms with Crippen LogP contribution in [0.25, 0.3) is 0 Å². The maximum absolute atomic E-state index is 5.49. The smallest absolute Gasteiger partial charge is 0.145 e. The largest absolute Gasteiger partial charge is 0.382 e. The number of nitrogen functional groups attached to an aromatic ring is 1. The van der Waals surface area contributed by atoms with E-state index in [1.807, 2.05) is 0 Å². The molecular weight excluding hydrogens is 114 g/mol. The van der Waals surface area contributed by atoms with Crippen molar-refractivity contribution in [3.05, 3.63) is 17.6 Å². The van der Waals surface area contributed by atoms with Gasteiger partial charge in [-0.3, -0.25) is 4.98 Å². The molecule has 0 saturated heterocycles. The maximum atomic E-state index is 5.49. The highest BCUT2D eigenvalue weighted by atomic mass is 14.9. The minimum absolute atomic E-state index is 0.594. The van der Waals surface area contributed by atoms with Gasteiger partial charge in [-0.1, -0.05) is 0 Å². The zero-order valence-corrected chi connectivity index (χ0v) is 4.96. The predicted octanol–water partition coefficient (Wildman–Crippen LogP) is 0.157. The maximum Gasteiger partial charge on any atom is 0.145 e. The number of fused-ring (bicyclic) bond motifs is 2. The van der Waals surface area contributed by atoms with Crippen LogP contribution in [0.15, 0.2) is 6.20 Å². The van der Waals surface area contributed by atoms with Crippen LogP contribution in [-0.2, 0) is 12.8 Å². The van der Waals surface area contributed by atoms with Crippen LogP contribution in [0.1, 0.15) is 11.4 Å². The van der Waals surface area contributed by atoms with Crippen molar-refractivity contribution in [2.45, 2.75) is 12.8 Å². The quantitative estimate of drug-likeness (QED) is 0.531. The molecule has 0 spiro atoms. The van der Waals surface area contributed by atoms with Crippen molar-refractivity contribution in [3.8, 4) is 0 Å². The third-order valence-electron chi connectivity index (χ3n) is 1.54. The number of anilines is 1. The van der Waals surface area contributed by atoms with Gasteiger partial charge in [0.15, 0.2) is 0 Å². The molecule has 0 radical (unpaired) electrons. The van der Waals surface area contributed by atoms with Gasteiger partial charge in [0.1, 0.15) is 5.82 Å². The Labute approximate surface area is 52.9 Å². The molecule has 1 aromatic heterocycles. The summed E-state index contributed by atoms with van der Waals surface area (Å²) in [7, 11) is 0. The molecule has 0 aliphatic carbocycles. The van der Waals surface area contributed by atoms with E-state index < -0.39 is 0 Å². The minimum atomic E-state index is 0.594. The Kier molecular flexibility index (Phi) is 0.754. The Bertz CT molecular complexity index is 244. The van der Waals surface area contributed by atoms with Crippen LogP contribution in [0, 0.1) is 0 Å². The molecule has 2 heterocycles. The number of aromatic nitrogens is 2. The van der Waals surface area contributed by atoms with E-state index in [0.29, 0.717) is 5.82 Å². The Balaban J connectivity index is 2.65. The number of nitrogens with zero attached hydrogens (tertiary/aromatic N) is 2. The fourth-order valence-electron chi connectivity index (χ4n) is 1.03. The van der Waals surface area contributed by atoms with E-state index in [-0.39, 0.29) is 0 Å². The number of aryl methyl sites for hydroxylation is 2. The van der Waals surface area contributed by atoms with Gasteiger partial charge < -0.3 is 5.73 Å². The topological polar surface area (TPSA) is 51.8 Å². The highest BCUT2D eigenvalue weighted by molar-refractivity contribution is 5.37. The lowest BCUT2D eigenvalue weighted by atomic mass is 10.3. The zero-order chi connectivity index (χ0) is 6.27. The van der Waals surface area contributed by atoms with Crippen molar-refractivity contribution < 1.29 is 0 Å². The zero-order valence-electron chi connectivity index (χ0n) is 4.96. The summed E-state index contributed by atoms with van der Waals surface area (Å²) in [5.74, 6) is 0.594. The summed E-state index contributed by atoms with van der Waals surface area (Å²) < 4.78 is 0. The molecule has 2 bridgehead atoms. The number of rotatable bonds is 0. The number of hydrogen-bond acceptors (Lipinski definition) is 3. The summed E-state index contributed by atoms with van der Waals surface area (Å²) in [6, 6.07) is 0. The molecule has 9 heavy (non-hydrogen) atoms. The Morgan fingerprint density at radius 2 is 2.33 bits per heavy atom. The summed E-state index contributed by atoms with van der Waals surface area (Å²) >= 11 is 0. The molecule has 1 aliphatic heterocycles. The van der Waals surface area contributed by atoms with Crippen molar-refractivity contribution in [1.29, 1.82) is 0 Å². The van der Waals surface area contributed by atoms with Crippen molar-refractivity contribution in [3.63, 3.8) is 0 Å². The number of hydrogen-bond donors (Lipinski definition) is 1. The molecule has 3 nitrogen and oxygen atoms in total. The van der Waals surface area contributed by atoms with E-state index in [4.69, 9.17) is 5.73 Å². The molecule has 46 valence electrons. The highest BCUT2D eigenvalue weighted by Gasteiger charge is 2.11. The summed E-state index contributed by atoms with van der Waals surface area (Å²) in [6.07, 6.45) is 3.73. The Morgan fingerprint density at radius 3 is 3.11 bits per heavy atom. The van der Waals surface area contributed by atoms with Crippen LogP contribution in [0.2, 0.25) is 0 Å². The van der Waals surface area contributed by atoms with E-state index >= 15 is 0 Å². The van der Waals surface area contributed by atoms with E-state index in [0.717, 1.165) is 24.2 Å². The average Bonchev–Trinajstić information content (AvgIpc) is 2.25. The fourth-order valence-corrected chi connectivity index (χ4v) is 1.03. The molecule has 0 saturated carbocycles. The monoisotopic (exact) mass is 121 g/mol. The summed E-state index contributed by atoms with van der Waals surface area (Å²) in [5, 5.41) is 0. The molecule has 0 unspecified atom stereocenters. The van der Waals surface area contributed by atoms with Gasteiger partial charge in [0, 0.05) is 0 Å². The van der Waals surface area contributed by atoms with Crippen LogP contribution in [0.4, 0.5) is 5.82 Å². The second-order valence-corrected chi connectivity index (χ2v) is 2.19. The van der Waals surface area contributed by atoms with Crippen molar-refractivity contribution >= 4 is 5.82 Å². The van der Waals surface area contributed by atoms with Crippen molar-refractivity contribution in [2.24, 2.45) is 0 Å². The third-order valence-corrected chi connectivity index (χ3v) is 1.54. The second kappa shape index (κ2) is 1.43. The Hall–Kier alpha value is -1.12. The minimum Gasteiger partial charge on any atom is -0.382 e. The normalized spacial score (nSPS) is 14.2. The van der Waals surface area contributed by atoms with Gasteiger partial charge in [-0.2, -0.15) is 0 Å². The SMILES string of the molecule is Nc1ncc2nc1CC2. The second-order valence-electron chi connectivity index (χ2n) is 2.19.